The normalized spacial score (nSPS) is 15.0. The van der Waals surface area contributed by atoms with Gasteiger partial charge in [-0.3, -0.25) is 14.4 Å². The van der Waals surface area contributed by atoms with Gasteiger partial charge in [0.2, 0.25) is 5.91 Å². The van der Waals surface area contributed by atoms with E-state index in [0.29, 0.717) is 5.56 Å². The van der Waals surface area contributed by atoms with Gasteiger partial charge >= 0.3 is 5.97 Å². The number of nitrogens with zero attached hydrogens (tertiary/aromatic N) is 1. The highest BCUT2D eigenvalue weighted by atomic mass is 79.9. The van der Waals surface area contributed by atoms with Crippen molar-refractivity contribution in [1.82, 2.24) is 4.90 Å². The molecule has 0 saturated carbocycles. The molecule has 0 bridgehead atoms. The third kappa shape index (κ3) is 2.92. The third-order valence-corrected chi connectivity index (χ3v) is 4.55. The summed E-state index contributed by atoms with van der Waals surface area (Å²) >= 11 is 3.41. The van der Waals surface area contributed by atoms with Crippen LogP contribution in [0.1, 0.15) is 34.3 Å². The van der Waals surface area contributed by atoms with Crippen LogP contribution in [0, 0.1) is 6.92 Å². The van der Waals surface area contributed by atoms with Gasteiger partial charge < -0.3 is 15.7 Å². The van der Waals surface area contributed by atoms with Gasteiger partial charge in [0.1, 0.15) is 6.04 Å². The Morgan fingerprint density at radius 2 is 2.14 bits per heavy atom. The summed E-state index contributed by atoms with van der Waals surface area (Å²) < 4.78 is 0.886. The second-order valence-corrected chi connectivity index (χ2v) is 5.84. The van der Waals surface area contributed by atoms with Gasteiger partial charge in [-0.2, -0.15) is 0 Å². The van der Waals surface area contributed by atoms with E-state index in [-0.39, 0.29) is 25.3 Å². The lowest BCUT2D eigenvalue weighted by atomic mass is 10.0. The zero-order valence-electron chi connectivity index (χ0n) is 11.4. The van der Waals surface area contributed by atoms with Crippen LogP contribution in [0.15, 0.2) is 16.6 Å². The Balaban J connectivity index is 2.30. The number of aliphatic carboxylic acids is 1. The molecule has 112 valence electrons. The molecule has 1 aromatic carbocycles. The molecule has 0 spiro atoms. The van der Waals surface area contributed by atoms with E-state index in [1.54, 1.807) is 12.1 Å². The monoisotopic (exact) mass is 354 g/mol. The number of hydrogen-bond acceptors (Lipinski definition) is 3. The lowest BCUT2D eigenvalue weighted by Crippen LogP contribution is -2.45. The van der Waals surface area contributed by atoms with Gasteiger partial charge in [0.15, 0.2) is 0 Å². The number of fused-ring (bicyclic) bond motifs is 1. The maximum absolute atomic E-state index is 12.4. The van der Waals surface area contributed by atoms with E-state index in [9.17, 15) is 14.4 Å². The molecular formula is C14H15BrN2O4. The molecule has 21 heavy (non-hydrogen) atoms. The number of carbonyl (C=O) groups excluding carboxylic acids is 2. The van der Waals surface area contributed by atoms with Crippen LogP contribution in [-0.2, 0) is 16.1 Å². The summed E-state index contributed by atoms with van der Waals surface area (Å²) in [6.45, 7) is 2.16. The minimum atomic E-state index is -1.02. The van der Waals surface area contributed by atoms with Crippen LogP contribution in [0.3, 0.4) is 0 Å². The fourth-order valence-corrected chi connectivity index (χ4v) is 2.86. The summed E-state index contributed by atoms with van der Waals surface area (Å²) in [4.78, 5) is 36.0. The molecule has 0 fully saturated rings. The highest BCUT2D eigenvalue weighted by Gasteiger charge is 2.36. The first-order chi connectivity index (χ1) is 9.82. The molecule has 2 amide bonds. The number of carbonyl (C=O) groups is 3. The van der Waals surface area contributed by atoms with E-state index < -0.39 is 17.9 Å². The number of nitrogens with two attached hydrogens (primary N) is 1. The highest BCUT2D eigenvalue weighted by molar-refractivity contribution is 9.10. The largest absolute Gasteiger partial charge is 0.481 e. The maximum Gasteiger partial charge on any atom is 0.303 e. The molecular weight excluding hydrogens is 340 g/mol. The molecule has 1 aliphatic rings. The van der Waals surface area contributed by atoms with Crippen LogP contribution < -0.4 is 5.73 Å². The average molecular weight is 355 g/mol. The van der Waals surface area contributed by atoms with Crippen LogP contribution in [0.5, 0.6) is 0 Å². The van der Waals surface area contributed by atoms with E-state index in [4.69, 9.17) is 10.8 Å². The van der Waals surface area contributed by atoms with Crippen LogP contribution in [0.2, 0.25) is 0 Å². The molecule has 0 radical (unpaired) electrons. The molecule has 6 nitrogen and oxygen atoms in total. The first kappa shape index (κ1) is 15.5. The number of halogens is 1. The quantitative estimate of drug-likeness (QED) is 0.834. The molecule has 1 atom stereocenters. The predicted octanol–water partition coefficient (Wildman–Crippen LogP) is 1.43. The number of rotatable bonds is 5. The zero-order chi connectivity index (χ0) is 15.7. The molecule has 1 aromatic rings. The minimum Gasteiger partial charge on any atom is -0.481 e. The van der Waals surface area contributed by atoms with Crippen LogP contribution in [-0.4, -0.2) is 33.8 Å². The third-order valence-electron chi connectivity index (χ3n) is 3.69. The molecule has 1 aliphatic heterocycles. The summed E-state index contributed by atoms with van der Waals surface area (Å²) in [5.74, 6) is -1.99. The van der Waals surface area contributed by atoms with Gasteiger partial charge in [-0.1, -0.05) is 15.9 Å². The standard InChI is InChI=1S/C14H15BrN2O4/c1-7-9-6-17(11(13(16)20)4-5-12(18)19)14(21)8(9)2-3-10(7)15/h2-3,11H,4-6H2,1H3,(H2,16,20)(H,18,19)/t11-/m0/s1. The van der Waals surface area contributed by atoms with Crippen molar-refractivity contribution in [3.05, 3.63) is 33.3 Å². The van der Waals surface area contributed by atoms with Crippen molar-refractivity contribution >= 4 is 33.7 Å². The van der Waals surface area contributed by atoms with Gasteiger partial charge in [0.05, 0.1) is 0 Å². The van der Waals surface area contributed by atoms with Crippen molar-refractivity contribution in [3.8, 4) is 0 Å². The molecule has 0 aromatic heterocycles. The number of benzene rings is 1. The topological polar surface area (TPSA) is 101 Å². The van der Waals surface area contributed by atoms with Crippen LogP contribution in [0.4, 0.5) is 0 Å². The van der Waals surface area contributed by atoms with E-state index in [2.05, 4.69) is 15.9 Å². The molecule has 1 heterocycles. The van der Waals surface area contributed by atoms with Crippen molar-refractivity contribution in [1.29, 1.82) is 0 Å². The van der Waals surface area contributed by atoms with E-state index in [0.717, 1.165) is 15.6 Å². The van der Waals surface area contributed by atoms with Gasteiger partial charge in [-0.25, -0.2) is 0 Å². The Hall–Kier alpha value is -1.89. The van der Waals surface area contributed by atoms with E-state index in [1.165, 1.54) is 4.90 Å². The summed E-state index contributed by atoms with van der Waals surface area (Å²) in [7, 11) is 0. The Morgan fingerprint density at radius 3 is 2.71 bits per heavy atom. The maximum atomic E-state index is 12.4. The van der Waals surface area contributed by atoms with Gasteiger partial charge in [-0.15, -0.1) is 0 Å². The minimum absolute atomic E-state index is 0.0185. The number of amides is 2. The van der Waals surface area contributed by atoms with Gasteiger partial charge in [0, 0.05) is 23.0 Å². The average Bonchev–Trinajstić information content (AvgIpc) is 2.72. The van der Waals surface area contributed by atoms with Crippen molar-refractivity contribution in [2.24, 2.45) is 5.73 Å². The van der Waals surface area contributed by atoms with Crippen LogP contribution >= 0.6 is 15.9 Å². The van der Waals surface area contributed by atoms with Crippen molar-refractivity contribution < 1.29 is 19.5 Å². The molecule has 0 unspecified atom stereocenters. The van der Waals surface area contributed by atoms with Crippen molar-refractivity contribution in [2.45, 2.75) is 32.4 Å². The van der Waals surface area contributed by atoms with Crippen molar-refractivity contribution in [3.63, 3.8) is 0 Å². The number of primary amides is 1. The fourth-order valence-electron chi connectivity index (χ4n) is 2.49. The summed E-state index contributed by atoms with van der Waals surface area (Å²) in [5, 5.41) is 8.75. The number of carboxylic acids is 1. The molecule has 7 heteroatoms. The Bertz CT molecular complexity index is 630. The molecule has 3 N–H and O–H groups in total. The second-order valence-electron chi connectivity index (χ2n) is 4.98. The van der Waals surface area contributed by atoms with E-state index >= 15 is 0 Å². The fraction of sp³-hybridized carbons (Fsp3) is 0.357. The molecule has 0 saturated heterocycles. The summed E-state index contributed by atoms with van der Waals surface area (Å²) in [6.07, 6.45) is -0.193. The Kier molecular flexibility index (Phi) is 4.32. The Morgan fingerprint density at radius 1 is 1.48 bits per heavy atom. The second kappa shape index (κ2) is 5.85. The Labute approximate surface area is 130 Å². The first-order valence-corrected chi connectivity index (χ1v) is 7.22. The van der Waals surface area contributed by atoms with Crippen LogP contribution in [0.25, 0.3) is 0 Å². The molecule has 0 aliphatic carbocycles. The van der Waals surface area contributed by atoms with Crippen molar-refractivity contribution in [2.75, 3.05) is 0 Å². The summed E-state index contributed by atoms with van der Waals surface area (Å²) in [5.41, 5.74) is 7.65. The zero-order valence-corrected chi connectivity index (χ0v) is 13.0. The lowest BCUT2D eigenvalue weighted by molar-refractivity contribution is -0.137. The number of hydrogen-bond donors (Lipinski definition) is 2. The number of carboxylic acid groups (broad SMARTS) is 1. The first-order valence-electron chi connectivity index (χ1n) is 6.43. The van der Waals surface area contributed by atoms with Gasteiger partial charge in [0.25, 0.3) is 5.91 Å². The van der Waals surface area contributed by atoms with E-state index in [1.807, 2.05) is 6.92 Å². The summed E-state index contributed by atoms with van der Waals surface area (Å²) in [6, 6.07) is 2.58. The van der Waals surface area contributed by atoms with Gasteiger partial charge in [-0.05, 0) is 36.6 Å². The smallest absolute Gasteiger partial charge is 0.303 e. The lowest BCUT2D eigenvalue weighted by Gasteiger charge is -2.24. The molecule has 2 rings (SSSR count). The SMILES string of the molecule is Cc1c(Br)ccc2c1CN([C@@H](CCC(=O)O)C(N)=O)C2=O. The predicted molar refractivity (Wildman–Crippen MR) is 78.6 cm³/mol. The highest BCUT2D eigenvalue weighted by Crippen LogP contribution is 2.32.